The van der Waals surface area contributed by atoms with Crippen molar-refractivity contribution in [2.75, 3.05) is 6.54 Å². The predicted octanol–water partition coefficient (Wildman–Crippen LogP) is 2.09. The standard InChI is InChI=1S/C16H25N3O3/c1-19-12(9-14(18-19)15(20)21)10-17-11-13-5-8-16(22-13)6-3-2-4-7-16/h9,13,17H,2-8,10-11H2,1H3,(H,20,21). The van der Waals surface area contributed by atoms with Crippen LogP contribution in [0.15, 0.2) is 6.07 Å². The van der Waals surface area contributed by atoms with E-state index in [1.807, 2.05) is 0 Å². The number of nitrogens with one attached hydrogen (secondary N) is 1. The van der Waals surface area contributed by atoms with Crippen LogP contribution in [0.4, 0.5) is 0 Å². The number of ether oxygens (including phenoxy) is 1. The molecule has 6 heteroatoms. The summed E-state index contributed by atoms with van der Waals surface area (Å²) in [6.45, 7) is 1.43. The van der Waals surface area contributed by atoms with Crippen LogP contribution in [-0.2, 0) is 18.3 Å². The molecule has 1 unspecified atom stereocenters. The highest BCUT2D eigenvalue weighted by Gasteiger charge is 2.40. The van der Waals surface area contributed by atoms with Crippen LogP contribution in [0, 0.1) is 0 Å². The van der Waals surface area contributed by atoms with E-state index in [1.165, 1.54) is 38.5 Å². The zero-order chi connectivity index (χ0) is 15.6. The molecule has 1 atom stereocenters. The summed E-state index contributed by atoms with van der Waals surface area (Å²) in [5.41, 5.74) is 1.13. The lowest BCUT2D eigenvalue weighted by Gasteiger charge is -2.33. The van der Waals surface area contributed by atoms with Crippen molar-refractivity contribution in [2.45, 2.75) is 63.2 Å². The molecule has 1 aromatic heterocycles. The Morgan fingerprint density at radius 1 is 1.45 bits per heavy atom. The van der Waals surface area contributed by atoms with E-state index in [0.717, 1.165) is 18.7 Å². The van der Waals surface area contributed by atoms with E-state index in [1.54, 1.807) is 17.8 Å². The smallest absolute Gasteiger partial charge is 0.356 e. The van der Waals surface area contributed by atoms with E-state index >= 15 is 0 Å². The molecule has 1 aromatic rings. The molecule has 0 bridgehead atoms. The molecule has 1 aliphatic carbocycles. The molecular weight excluding hydrogens is 282 g/mol. The lowest BCUT2D eigenvalue weighted by Crippen LogP contribution is -2.34. The van der Waals surface area contributed by atoms with Gasteiger partial charge in [-0.15, -0.1) is 0 Å². The summed E-state index contributed by atoms with van der Waals surface area (Å²) in [5.74, 6) is -0.986. The van der Waals surface area contributed by atoms with Gasteiger partial charge in [-0.1, -0.05) is 19.3 Å². The average molecular weight is 307 g/mol. The maximum atomic E-state index is 10.9. The Morgan fingerprint density at radius 2 is 2.23 bits per heavy atom. The first-order valence-corrected chi connectivity index (χ1v) is 8.23. The van der Waals surface area contributed by atoms with Gasteiger partial charge in [-0.25, -0.2) is 4.79 Å². The highest BCUT2D eigenvalue weighted by atomic mass is 16.5. The van der Waals surface area contributed by atoms with E-state index in [-0.39, 0.29) is 17.4 Å². The maximum Gasteiger partial charge on any atom is 0.356 e. The average Bonchev–Trinajstić information content (AvgIpc) is 3.05. The van der Waals surface area contributed by atoms with Crippen molar-refractivity contribution in [1.29, 1.82) is 0 Å². The van der Waals surface area contributed by atoms with Crippen LogP contribution in [0.3, 0.4) is 0 Å². The molecule has 1 aliphatic heterocycles. The highest BCUT2D eigenvalue weighted by Crippen LogP contribution is 2.41. The molecule has 3 rings (SSSR count). The maximum absolute atomic E-state index is 10.9. The van der Waals surface area contributed by atoms with E-state index in [0.29, 0.717) is 6.54 Å². The number of hydrogen-bond donors (Lipinski definition) is 2. The SMILES string of the molecule is Cn1nc(C(=O)O)cc1CNCC1CCC2(CCCCC2)O1. The van der Waals surface area contributed by atoms with Crippen molar-refractivity contribution in [1.82, 2.24) is 15.1 Å². The normalized spacial score (nSPS) is 24.0. The van der Waals surface area contributed by atoms with Gasteiger partial charge in [0.25, 0.3) is 0 Å². The number of carboxylic acids is 1. The van der Waals surface area contributed by atoms with Crippen molar-refractivity contribution in [3.05, 3.63) is 17.5 Å². The second kappa shape index (κ2) is 6.38. The van der Waals surface area contributed by atoms with Gasteiger partial charge in [-0.05, 0) is 31.7 Å². The Morgan fingerprint density at radius 3 is 2.91 bits per heavy atom. The number of hydrogen-bond acceptors (Lipinski definition) is 4. The third-order valence-electron chi connectivity index (χ3n) is 4.98. The second-order valence-corrected chi connectivity index (χ2v) is 6.60. The molecule has 0 amide bonds. The molecule has 0 radical (unpaired) electrons. The topological polar surface area (TPSA) is 76.4 Å². The molecular formula is C16H25N3O3. The van der Waals surface area contributed by atoms with Crippen LogP contribution < -0.4 is 5.32 Å². The first-order chi connectivity index (χ1) is 10.6. The Bertz CT molecular complexity index is 535. The van der Waals surface area contributed by atoms with Crippen LogP contribution in [0.2, 0.25) is 0 Å². The van der Waals surface area contributed by atoms with Crippen molar-refractivity contribution in [3.63, 3.8) is 0 Å². The summed E-state index contributed by atoms with van der Waals surface area (Å²) in [6, 6.07) is 1.62. The minimum Gasteiger partial charge on any atom is -0.476 e. The van der Waals surface area contributed by atoms with Gasteiger partial charge < -0.3 is 15.2 Å². The number of nitrogens with zero attached hydrogens (tertiary/aromatic N) is 2. The molecule has 6 nitrogen and oxygen atoms in total. The number of carbonyl (C=O) groups is 1. The summed E-state index contributed by atoms with van der Waals surface area (Å²) in [4.78, 5) is 10.9. The van der Waals surface area contributed by atoms with Crippen molar-refractivity contribution in [3.8, 4) is 0 Å². The fourth-order valence-corrected chi connectivity index (χ4v) is 3.74. The number of rotatable bonds is 5. The molecule has 1 spiro atoms. The van der Waals surface area contributed by atoms with Gasteiger partial charge in [0.15, 0.2) is 5.69 Å². The first-order valence-electron chi connectivity index (χ1n) is 8.23. The third kappa shape index (κ3) is 3.33. The van der Waals surface area contributed by atoms with Gasteiger partial charge in [0, 0.05) is 20.1 Å². The Kier molecular flexibility index (Phi) is 4.49. The third-order valence-corrected chi connectivity index (χ3v) is 4.98. The summed E-state index contributed by atoms with van der Waals surface area (Å²) in [7, 11) is 1.77. The largest absolute Gasteiger partial charge is 0.476 e. The van der Waals surface area contributed by atoms with E-state index < -0.39 is 5.97 Å². The molecule has 22 heavy (non-hydrogen) atoms. The quantitative estimate of drug-likeness (QED) is 0.871. The van der Waals surface area contributed by atoms with Crippen molar-refractivity contribution < 1.29 is 14.6 Å². The van der Waals surface area contributed by atoms with Crippen LogP contribution in [0.25, 0.3) is 0 Å². The lowest BCUT2D eigenvalue weighted by molar-refractivity contribution is -0.0624. The van der Waals surface area contributed by atoms with Crippen molar-refractivity contribution >= 4 is 5.97 Å². The fourth-order valence-electron chi connectivity index (χ4n) is 3.74. The zero-order valence-corrected chi connectivity index (χ0v) is 13.2. The monoisotopic (exact) mass is 307 g/mol. The summed E-state index contributed by atoms with van der Waals surface area (Å²) >= 11 is 0. The first kappa shape index (κ1) is 15.5. The van der Waals surface area contributed by atoms with E-state index in [9.17, 15) is 4.79 Å². The molecule has 2 aliphatic rings. The second-order valence-electron chi connectivity index (χ2n) is 6.60. The minimum absolute atomic E-state index is 0.0950. The molecule has 0 aromatic carbocycles. The van der Waals surface area contributed by atoms with Crippen LogP contribution in [0.5, 0.6) is 0 Å². The molecule has 2 heterocycles. The highest BCUT2D eigenvalue weighted by molar-refractivity contribution is 5.85. The lowest BCUT2D eigenvalue weighted by atomic mass is 9.83. The summed E-state index contributed by atoms with van der Waals surface area (Å²) in [6.07, 6.45) is 8.97. The number of carboxylic acid groups (broad SMARTS) is 1. The molecule has 2 fully saturated rings. The van der Waals surface area contributed by atoms with Gasteiger partial charge in [-0.3, -0.25) is 4.68 Å². The molecule has 1 saturated heterocycles. The minimum atomic E-state index is -0.986. The summed E-state index contributed by atoms with van der Waals surface area (Å²) in [5, 5.41) is 16.3. The Labute approximate surface area is 130 Å². The number of aryl methyl sites for hydroxylation is 1. The van der Waals surface area contributed by atoms with E-state index in [4.69, 9.17) is 9.84 Å². The van der Waals surface area contributed by atoms with Gasteiger partial charge in [0.05, 0.1) is 17.4 Å². The van der Waals surface area contributed by atoms with Gasteiger partial charge >= 0.3 is 5.97 Å². The van der Waals surface area contributed by atoms with Crippen molar-refractivity contribution in [2.24, 2.45) is 7.05 Å². The zero-order valence-electron chi connectivity index (χ0n) is 13.2. The van der Waals surface area contributed by atoms with Gasteiger partial charge in [0.2, 0.25) is 0 Å². The van der Waals surface area contributed by atoms with E-state index in [2.05, 4.69) is 10.4 Å². The molecule has 122 valence electrons. The molecule has 2 N–H and O–H groups in total. The van der Waals surface area contributed by atoms with Gasteiger partial charge in [-0.2, -0.15) is 5.10 Å². The molecule has 1 saturated carbocycles. The fraction of sp³-hybridized carbons (Fsp3) is 0.750. The predicted molar refractivity (Wildman–Crippen MR) is 81.8 cm³/mol. The Balaban J connectivity index is 1.47. The Hall–Kier alpha value is -1.40. The van der Waals surface area contributed by atoms with Gasteiger partial charge in [0.1, 0.15) is 0 Å². The van der Waals surface area contributed by atoms with Crippen LogP contribution in [-0.4, -0.2) is 39.1 Å². The summed E-state index contributed by atoms with van der Waals surface area (Å²) < 4.78 is 7.94. The number of aromatic nitrogens is 2. The number of aromatic carboxylic acids is 1. The van der Waals surface area contributed by atoms with Crippen LogP contribution >= 0.6 is 0 Å². The van der Waals surface area contributed by atoms with Crippen LogP contribution in [0.1, 0.15) is 61.1 Å².